The van der Waals surface area contributed by atoms with Gasteiger partial charge in [-0.25, -0.2) is 4.98 Å². The molecule has 0 bridgehead atoms. The molecule has 0 aliphatic heterocycles. The van der Waals surface area contributed by atoms with Crippen LogP contribution >= 0.6 is 11.8 Å². The van der Waals surface area contributed by atoms with Crippen LogP contribution in [0, 0.1) is 0 Å². The van der Waals surface area contributed by atoms with Crippen molar-refractivity contribution >= 4 is 23.5 Å². The normalized spacial score (nSPS) is 22.8. The molecule has 18 heavy (non-hydrogen) atoms. The monoisotopic (exact) mass is 265 g/mol. The maximum absolute atomic E-state index is 12.1. The van der Waals surface area contributed by atoms with Crippen LogP contribution < -0.4 is 10.6 Å². The minimum Gasteiger partial charge on any atom is -0.373 e. The van der Waals surface area contributed by atoms with Gasteiger partial charge in [0.25, 0.3) is 5.91 Å². The van der Waals surface area contributed by atoms with E-state index in [4.69, 9.17) is 0 Å². The predicted octanol–water partition coefficient (Wildman–Crippen LogP) is 2.14. The SMILES string of the molecule is CNc1ccc(C(=O)NC2CCCC2SC)cn1. The molecule has 2 atom stereocenters. The molecule has 1 aromatic rings. The van der Waals surface area contributed by atoms with Crippen LogP contribution in [0.4, 0.5) is 5.82 Å². The first-order valence-corrected chi connectivity index (χ1v) is 7.51. The lowest BCUT2D eigenvalue weighted by Crippen LogP contribution is -2.38. The van der Waals surface area contributed by atoms with Crippen LogP contribution in [0.1, 0.15) is 29.6 Å². The number of carbonyl (C=O) groups excluding carboxylic acids is 1. The number of pyridine rings is 1. The average Bonchev–Trinajstić information content (AvgIpc) is 2.86. The smallest absolute Gasteiger partial charge is 0.253 e. The number of amides is 1. The number of thioether (sulfide) groups is 1. The molecule has 1 aliphatic carbocycles. The number of aromatic nitrogens is 1. The van der Waals surface area contributed by atoms with Gasteiger partial charge in [0.15, 0.2) is 0 Å². The van der Waals surface area contributed by atoms with E-state index in [1.807, 2.05) is 24.9 Å². The van der Waals surface area contributed by atoms with E-state index in [2.05, 4.69) is 21.9 Å². The maximum atomic E-state index is 12.1. The van der Waals surface area contributed by atoms with Crippen molar-refractivity contribution in [1.29, 1.82) is 0 Å². The Morgan fingerprint density at radius 2 is 2.28 bits per heavy atom. The van der Waals surface area contributed by atoms with Crippen molar-refractivity contribution in [3.63, 3.8) is 0 Å². The molecule has 2 unspecified atom stereocenters. The second-order valence-corrected chi connectivity index (χ2v) is 5.54. The number of hydrogen-bond acceptors (Lipinski definition) is 4. The van der Waals surface area contributed by atoms with E-state index in [-0.39, 0.29) is 5.91 Å². The minimum atomic E-state index is -0.0175. The Balaban J connectivity index is 1.98. The van der Waals surface area contributed by atoms with Crippen LogP contribution in [0.2, 0.25) is 0 Å². The molecule has 1 aliphatic rings. The molecule has 1 saturated carbocycles. The molecule has 4 nitrogen and oxygen atoms in total. The van der Waals surface area contributed by atoms with Gasteiger partial charge in [0, 0.05) is 24.5 Å². The molecule has 1 fully saturated rings. The summed E-state index contributed by atoms with van der Waals surface area (Å²) in [5.41, 5.74) is 0.626. The molecule has 0 saturated heterocycles. The third-order valence-corrected chi connectivity index (χ3v) is 4.52. The summed E-state index contributed by atoms with van der Waals surface area (Å²) in [5.74, 6) is 0.755. The van der Waals surface area contributed by atoms with Crippen LogP contribution in [-0.4, -0.2) is 35.5 Å². The fourth-order valence-electron chi connectivity index (χ4n) is 2.30. The van der Waals surface area contributed by atoms with Crippen molar-refractivity contribution in [3.8, 4) is 0 Å². The van der Waals surface area contributed by atoms with Gasteiger partial charge >= 0.3 is 0 Å². The average molecular weight is 265 g/mol. The van der Waals surface area contributed by atoms with Crippen molar-refractivity contribution in [3.05, 3.63) is 23.9 Å². The molecule has 0 radical (unpaired) electrons. The van der Waals surface area contributed by atoms with Crippen molar-refractivity contribution in [2.24, 2.45) is 0 Å². The van der Waals surface area contributed by atoms with E-state index < -0.39 is 0 Å². The highest BCUT2D eigenvalue weighted by Crippen LogP contribution is 2.28. The summed E-state index contributed by atoms with van der Waals surface area (Å²) in [5, 5.41) is 6.60. The molecule has 98 valence electrons. The van der Waals surface area contributed by atoms with E-state index in [1.54, 1.807) is 12.3 Å². The number of nitrogens with zero attached hydrogens (tertiary/aromatic N) is 1. The van der Waals surface area contributed by atoms with Crippen LogP contribution in [0.25, 0.3) is 0 Å². The standard InChI is InChI=1S/C13H19N3OS/c1-14-12-7-6-9(8-15-12)13(17)16-10-4-3-5-11(10)18-2/h6-8,10-11H,3-5H2,1-2H3,(H,14,15)(H,16,17). The van der Waals surface area contributed by atoms with Gasteiger partial charge in [0.05, 0.1) is 5.56 Å². The largest absolute Gasteiger partial charge is 0.373 e. The molecular formula is C13H19N3OS. The Kier molecular flexibility index (Phi) is 4.47. The zero-order valence-corrected chi connectivity index (χ0v) is 11.6. The van der Waals surface area contributed by atoms with Crippen molar-refractivity contribution in [2.45, 2.75) is 30.6 Å². The third kappa shape index (κ3) is 2.96. The van der Waals surface area contributed by atoms with Gasteiger partial charge in [-0.3, -0.25) is 4.79 Å². The van der Waals surface area contributed by atoms with E-state index in [9.17, 15) is 4.79 Å². The number of rotatable bonds is 4. The minimum absolute atomic E-state index is 0.0175. The number of nitrogens with one attached hydrogen (secondary N) is 2. The zero-order valence-electron chi connectivity index (χ0n) is 10.8. The topological polar surface area (TPSA) is 54.0 Å². The molecule has 1 heterocycles. The summed E-state index contributed by atoms with van der Waals surface area (Å²) in [6.45, 7) is 0. The van der Waals surface area contributed by atoms with Crippen LogP contribution in [0.15, 0.2) is 18.3 Å². The second kappa shape index (κ2) is 6.09. The predicted molar refractivity (Wildman–Crippen MR) is 76.2 cm³/mol. The molecule has 1 amide bonds. The summed E-state index contributed by atoms with van der Waals surface area (Å²) in [6.07, 6.45) is 7.21. The van der Waals surface area contributed by atoms with E-state index in [0.717, 1.165) is 12.2 Å². The second-order valence-electron chi connectivity index (χ2n) is 4.47. The number of hydrogen-bond donors (Lipinski definition) is 2. The Labute approximate surface area is 112 Å². The highest BCUT2D eigenvalue weighted by atomic mass is 32.2. The first-order chi connectivity index (χ1) is 8.74. The molecule has 1 aromatic heterocycles. The molecule has 2 rings (SSSR count). The van der Waals surface area contributed by atoms with E-state index in [1.165, 1.54) is 12.8 Å². The van der Waals surface area contributed by atoms with Crippen molar-refractivity contribution in [1.82, 2.24) is 10.3 Å². The third-order valence-electron chi connectivity index (χ3n) is 3.35. The van der Waals surface area contributed by atoms with Gasteiger partial charge in [-0.15, -0.1) is 0 Å². The Bertz CT molecular complexity index is 407. The highest BCUT2D eigenvalue weighted by molar-refractivity contribution is 7.99. The number of carbonyl (C=O) groups is 1. The Hall–Kier alpha value is -1.23. The molecule has 0 aromatic carbocycles. The molecule has 0 spiro atoms. The molecule has 2 N–H and O–H groups in total. The fourth-order valence-corrected chi connectivity index (χ4v) is 3.24. The highest BCUT2D eigenvalue weighted by Gasteiger charge is 2.27. The summed E-state index contributed by atoms with van der Waals surface area (Å²) in [7, 11) is 1.81. The maximum Gasteiger partial charge on any atom is 0.253 e. The summed E-state index contributed by atoms with van der Waals surface area (Å²) in [6, 6.07) is 3.92. The van der Waals surface area contributed by atoms with Gasteiger partial charge in [0.2, 0.25) is 0 Å². The van der Waals surface area contributed by atoms with Gasteiger partial charge in [-0.1, -0.05) is 6.42 Å². The lowest BCUT2D eigenvalue weighted by atomic mass is 10.2. The summed E-state index contributed by atoms with van der Waals surface area (Å²) in [4.78, 5) is 16.2. The summed E-state index contributed by atoms with van der Waals surface area (Å²) < 4.78 is 0. The van der Waals surface area contributed by atoms with Gasteiger partial charge in [0.1, 0.15) is 5.82 Å². The fraction of sp³-hybridized carbons (Fsp3) is 0.538. The molecular weight excluding hydrogens is 246 g/mol. The first-order valence-electron chi connectivity index (χ1n) is 6.22. The Morgan fingerprint density at radius 1 is 1.44 bits per heavy atom. The number of anilines is 1. The van der Waals surface area contributed by atoms with Crippen LogP contribution in [-0.2, 0) is 0 Å². The van der Waals surface area contributed by atoms with Crippen molar-refractivity contribution < 1.29 is 4.79 Å². The first kappa shape index (κ1) is 13.2. The lowest BCUT2D eigenvalue weighted by molar-refractivity contribution is 0.0938. The van der Waals surface area contributed by atoms with Crippen LogP contribution in [0.5, 0.6) is 0 Å². The molecule has 5 heteroatoms. The zero-order chi connectivity index (χ0) is 13.0. The van der Waals surface area contributed by atoms with Gasteiger partial charge < -0.3 is 10.6 Å². The van der Waals surface area contributed by atoms with Gasteiger partial charge in [-0.05, 0) is 31.2 Å². The lowest BCUT2D eigenvalue weighted by Gasteiger charge is -2.19. The Morgan fingerprint density at radius 3 is 2.89 bits per heavy atom. The van der Waals surface area contributed by atoms with E-state index >= 15 is 0 Å². The van der Waals surface area contributed by atoms with E-state index in [0.29, 0.717) is 16.9 Å². The van der Waals surface area contributed by atoms with Crippen molar-refractivity contribution in [2.75, 3.05) is 18.6 Å². The van der Waals surface area contributed by atoms with Gasteiger partial charge in [-0.2, -0.15) is 11.8 Å². The quantitative estimate of drug-likeness (QED) is 0.876. The summed E-state index contributed by atoms with van der Waals surface area (Å²) >= 11 is 1.84. The van der Waals surface area contributed by atoms with Crippen LogP contribution in [0.3, 0.4) is 0 Å².